The van der Waals surface area contributed by atoms with E-state index < -0.39 is 0 Å². The van der Waals surface area contributed by atoms with Crippen molar-refractivity contribution in [3.8, 4) is 17.1 Å². The van der Waals surface area contributed by atoms with Crippen molar-refractivity contribution in [2.75, 3.05) is 33.3 Å². The van der Waals surface area contributed by atoms with Crippen molar-refractivity contribution in [1.82, 2.24) is 29.7 Å². The number of aryl methyl sites for hydroxylation is 2. The van der Waals surface area contributed by atoms with Crippen LogP contribution < -0.4 is 4.74 Å². The van der Waals surface area contributed by atoms with E-state index in [-0.39, 0.29) is 0 Å². The van der Waals surface area contributed by atoms with Gasteiger partial charge in [-0.05, 0) is 18.6 Å². The van der Waals surface area contributed by atoms with Crippen LogP contribution in [0, 0.1) is 0 Å². The summed E-state index contributed by atoms with van der Waals surface area (Å²) in [6.07, 6.45) is 0.892. The number of halogens is 1. The second-order valence-corrected chi connectivity index (χ2v) is 7.85. The molecular formula is C21H27ClN6O2. The first-order chi connectivity index (χ1) is 14.6. The number of aromatic nitrogens is 4. The van der Waals surface area contributed by atoms with Crippen molar-refractivity contribution in [1.29, 1.82) is 0 Å². The van der Waals surface area contributed by atoms with Crippen LogP contribution in [0.15, 0.2) is 28.8 Å². The summed E-state index contributed by atoms with van der Waals surface area (Å²) >= 11 is 6.45. The molecule has 0 spiro atoms. The van der Waals surface area contributed by atoms with Crippen molar-refractivity contribution in [3.05, 3.63) is 46.6 Å². The van der Waals surface area contributed by atoms with E-state index in [0.29, 0.717) is 18.3 Å². The molecule has 0 atom stereocenters. The molecule has 3 heterocycles. The van der Waals surface area contributed by atoms with Gasteiger partial charge in [-0.3, -0.25) is 14.5 Å². The molecule has 0 N–H and O–H groups in total. The first kappa shape index (κ1) is 20.8. The summed E-state index contributed by atoms with van der Waals surface area (Å²) in [6.45, 7) is 7.41. The number of benzene rings is 1. The summed E-state index contributed by atoms with van der Waals surface area (Å²) in [4.78, 5) is 9.32. The zero-order chi connectivity index (χ0) is 21.1. The predicted molar refractivity (Wildman–Crippen MR) is 114 cm³/mol. The normalized spacial score (nSPS) is 15.6. The lowest BCUT2D eigenvalue weighted by atomic mass is 10.2. The van der Waals surface area contributed by atoms with Crippen LogP contribution in [-0.2, 0) is 26.6 Å². The minimum absolute atomic E-state index is 0.584. The van der Waals surface area contributed by atoms with Crippen LogP contribution in [0.2, 0.25) is 5.15 Å². The molecule has 0 aliphatic carbocycles. The Morgan fingerprint density at radius 2 is 1.87 bits per heavy atom. The maximum absolute atomic E-state index is 6.45. The van der Waals surface area contributed by atoms with E-state index in [1.54, 1.807) is 11.8 Å². The largest absolute Gasteiger partial charge is 0.497 e. The third-order valence-corrected chi connectivity index (χ3v) is 5.96. The Morgan fingerprint density at radius 3 is 2.57 bits per heavy atom. The Labute approximate surface area is 181 Å². The van der Waals surface area contributed by atoms with Gasteiger partial charge in [0, 0.05) is 50.9 Å². The van der Waals surface area contributed by atoms with Gasteiger partial charge < -0.3 is 9.26 Å². The highest BCUT2D eigenvalue weighted by Crippen LogP contribution is 2.23. The zero-order valence-corrected chi connectivity index (χ0v) is 18.4. The summed E-state index contributed by atoms with van der Waals surface area (Å²) in [7, 11) is 3.54. The number of nitrogens with zero attached hydrogens (tertiary/aromatic N) is 6. The van der Waals surface area contributed by atoms with Crippen molar-refractivity contribution < 1.29 is 9.26 Å². The van der Waals surface area contributed by atoms with Crippen molar-refractivity contribution in [2.45, 2.75) is 26.4 Å². The number of piperazine rings is 1. The van der Waals surface area contributed by atoms with Gasteiger partial charge in [-0.1, -0.05) is 35.8 Å². The summed E-state index contributed by atoms with van der Waals surface area (Å²) in [6, 6.07) is 7.67. The third kappa shape index (κ3) is 4.50. The SMILES string of the molecule is CCc1nn(C)c(Cl)c1CN1CCN(Cc2nc(-c3cccc(OC)c3)no2)CC1. The van der Waals surface area contributed by atoms with Crippen molar-refractivity contribution in [2.24, 2.45) is 7.05 Å². The maximum Gasteiger partial charge on any atom is 0.241 e. The summed E-state index contributed by atoms with van der Waals surface area (Å²) in [5, 5.41) is 9.38. The number of methoxy groups -OCH3 is 1. The van der Waals surface area contributed by atoms with Gasteiger partial charge in [-0.25, -0.2) is 0 Å². The molecule has 9 heteroatoms. The number of hydrogen-bond donors (Lipinski definition) is 0. The van der Waals surface area contributed by atoms with Crippen LogP contribution in [0.5, 0.6) is 5.75 Å². The minimum atomic E-state index is 0.584. The van der Waals surface area contributed by atoms with E-state index in [2.05, 4.69) is 32.0 Å². The molecule has 0 unspecified atom stereocenters. The van der Waals surface area contributed by atoms with Crippen LogP contribution in [0.1, 0.15) is 24.1 Å². The predicted octanol–water partition coefficient (Wildman–Crippen LogP) is 3.01. The van der Waals surface area contributed by atoms with Gasteiger partial charge in [0.2, 0.25) is 11.7 Å². The van der Waals surface area contributed by atoms with E-state index in [0.717, 1.165) is 66.9 Å². The van der Waals surface area contributed by atoms with E-state index in [1.807, 2.05) is 31.3 Å². The second-order valence-electron chi connectivity index (χ2n) is 7.49. The molecule has 4 rings (SSSR count). The molecule has 1 aliphatic rings. The average Bonchev–Trinajstić information content (AvgIpc) is 3.35. The quantitative estimate of drug-likeness (QED) is 0.570. The molecule has 0 radical (unpaired) electrons. The smallest absolute Gasteiger partial charge is 0.241 e. The Hall–Kier alpha value is -2.42. The van der Waals surface area contributed by atoms with Gasteiger partial charge in [0.25, 0.3) is 0 Å². The summed E-state index contributed by atoms with van der Waals surface area (Å²) in [5.41, 5.74) is 3.12. The first-order valence-electron chi connectivity index (χ1n) is 10.2. The molecule has 1 aromatic carbocycles. The van der Waals surface area contributed by atoms with E-state index in [4.69, 9.17) is 20.9 Å². The molecule has 1 saturated heterocycles. The highest BCUT2D eigenvalue weighted by atomic mass is 35.5. The minimum Gasteiger partial charge on any atom is -0.497 e. The average molecular weight is 431 g/mol. The second kappa shape index (κ2) is 9.16. The molecule has 3 aromatic rings. The molecule has 1 fully saturated rings. The lowest BCUT2D eigenvalue weighted by Gasteiger charge is -2.33. The van der Waals surface area contributed by atoms with Crippen molar-refractivity contribution in [3.63, 3.8) is 0 Å². The van der Waals surface area contributed by atoms with Gasteiger partial charge in [-0.2, -0.15) is 10.1 Å². The fraction of sp³-hybridized carbons (Fsp3) is 0.476. The van der Waals surface area contributed by atoms with Crippen molar-refractivity contribution >= 4 is 11.6 Å². The monoisotopic (exact) mass is 430 g/mol. The number of rotatable bonds is 7. The Kier molecular flexibility index (Phi) is 6.36. The molecule has 160 valence electrons. The lowest BCUT2D eigenvalue weighted by Crippen LogP contribution is -2.45. The summed E-state index contributed by atoms with van der Waals surface area (Å²) < 4.78 is 12.5. The molecule has 1 aliphatic heterocycles. The van der Waals surface area contributed by atoms with E-state index >= 15 is 0 Å². The highest BCUT2D eigenvalue weighted by Gasteiger charge is 2.22. The molecule has 8 nitrogen and oxygen atoms in total. The molecule has 2 aromatic heterocycles. The van der Waals surface area contributed by atoms with Crippen LogP contribution in [0.3, 0.4) is 0 Å². The highest BCUT2D eigenvalue weighted by molar-refractivity contribution is 6.30. The van der Waals surface area contributed by atoms with Crippen LogP contribution in [0.25, 0.3) is 11.4 Å². The standard InChI is InChI=1S/C21H27ClN6O2/c1-4-18-17(20(22)26(2)24-18)13-27-8-10-28(11-9-27)14-19-23-21(25-30-19)15-6-5-7-16(12-15)29-3/h5-7,12H,4,8-11,13-14H2,1-3H3. The van der Waals surface area contributed by atoms with Crippen LogP contribution in [-0.4, -0.2) is 63.0 Å². The van der Waals surface area contributed by atoms with Gasteiger partial charge in [-0.15, -0.1) is 0 Å². The topological polar surface area (TPSA) is 72.5 Å². The zero-order valence-electron chi connectivity index (χ0n) is 17.6. The molecule has 0 amide bonds. The van der Waals surface area contributed by atoms with Crippen LogP contribution >= 0.6 is 11.6 Å². The van der Waals surface area contributed by atoms with Gasteiger partial charge in [0.1, 0.15) is 10.9 Å². The Balaban J connectivity index is 1.33. The number of hydrogen-bond acceptors (Lipinski definition) is 7. The number of ether oxygens (including phenoxy) is 1. The van der Waals surface area contributed by atoms with E-state index in [9.17, 15) is 0 Å². The lowest BCUT2D eigenvalue weighted by molar-refractivity contribution is 0.112. The van der Waals surface area contributed by atoms with Gasteiger partial charge in [0.15, 0.2) is 0 Å². The van der Waals surface area contributed by atoms with Gasteiger partial charge in [0.05, 0.1) is 19.3 Å². The molecule has 30 heavy (non-hydrogen) atoms. The Morgan fingerprint density at radius 1 is 1.13 bits per heavy atom. The molecule has 0 saturated carbocycles. The van der Waals surface area contributed by atoms with Gasteiger partial charge >= 0.3 is 0 Å². The maximum atomic E-state index is 6.45. The fourth-order valence-corrected chi connectivity index (χ4v) is 3.97. The van der Waals surface area contributed by atoms with E-state index in [1.165, 1.54) is 0 Å². The Bertz CT molecular complexity index is 993. The summed E-state index contributed by atoms with van der Waals surface area (Å²) in [5.74, 6) is 1.99. The molecular weight excluding hydrogens is 404 g/mol. The fourth-order valence-electron chi connectivity index (χ4n) is 3.76. The first-order valence-corrected chi connectivity index (χ1v) is 10.6. The molecule has 0 bridgehead atoms. The van der Waals surface area contributed by atoms with Crippen LogP contribution in [0.4, 0.5) is 0 Å². The third-order valence-electron chi connectivity index (χ3n) is 5.49.